The van der Waals surface area contributed by atoms with Crippen molar-refractivity contribution in [3.8, 4) is 0 Å². The van der Waals surface area contributed by atoms with Crippen LogP contribution in [0.25, 0.3) is 0 Å². The van der Waals surface area contributed by atoms with E-state index in [2.05, 4.69) is 5.32 Å². The lowest BCUT2D eigenvalue weighted by atomic mass is 10.1. The molecule has 3 rings (SSSR count). The van der Waals surface area contributed by atoms with Crippen LogP contribution in [0, 0.1) is 13.8 Å². The number of amides is 1. The molecule has 0 fully saturated rings. The van der Waals surface area contributed by atoms with Gasteiger partial charge in [0.1, 0.15) is 0 Å². The normalized spacial score (nSPS) is 11.2. The van der Waals surface area contributed by atoms with Crippen molar-refractivity contribution in [1.29, 1.82) is 0 Å². The van der Waals surface area contributed by atoms with Gasteiger partial charge < -0.3 is 5.32 Å². The third-order valence-electron chi connectivity index (χ3n) is 4.65. The lowest BCUT2D eigenvalue weighted by Crippen LogP contribution is -2.27. The molecule has 7 heteroatoms. The molecule has 0 spiro atoms. The van der Waals surface area contributed by atoms with E-state index < -0.39 is 10.0 Å². The fourth-order valence-corrected chi connectivity index (χ4v) is 4.43. The van der Waals surface area contributed by atoms with Crippen LogP contribution in [0.5, 0.6) is 0 Å². The summed E-state index contributed by atoms with van der Waals surface area (Å²) < 4.78 is 27.1. The molecule has 150 valence electrons. The predicted molar refractivity (Wildman–Crippen MR) is 117 cm³/mol. The van der Waals surface area contributed by atoms with Crippen LogP contribution in [-0.4, -0.2) is 21.4 Å². The number of aryl methyl sites for hydroxylation is 2. The molecule has 0 aromatic heterocycles. The zero-order valence-electron chi connectivity index (χ0n) is 16.3. The van der Waals surface area contributed by atoms with E-state index in [1.165, 1.54) is 11.4 Å². The Kier molecular flexibility index (Phi) is 5.96. The Bertz CT molecular complexity index is 1160. The topological polar surface area (TPSA) is 66.5 Å². The molecule has 0 heterocycles. The van der Waals surface area contributed by atoms with Gasteiger partial charge in [0, 0.05) is 23.3 Å². The van der Waals surface area contributed by atoms with E-state index in [1.54, 1.807) is 73.7 Å². The van der Waals surface area contributed by atoms with Crippen LogP contribution in [0.1, 0.15) is 21.5 Å². The van der Waals surface area contributed by atoms with Crippen molar-refractivity contribution in [3.05, 3.63) is 88.4 Å². The maximum Gasteiger partial charge on any atom is 0.264 e. The molecule has 0 saturated heterocycles. The molecule has 0 saturated carbocycles. The second-order valence-electron chi connectivity index (χ2n) is 6.70. The molecule has 0 bridgehead atoms. The van der Waals surface area contributed by atoms with Gasteiger partial charge in [-0.15, -0.1) is 0 Å². The standard InChI is InChI=1S/C22H21ClN2O3S/c1-15-9-10-17(22(26)24-20-12-11-18(23)13-16(20)2)14-21(15)25(3)29(27,28)19-7-5-4-6-8-19/h4-14H,1-3H3,(H,24,26). The zero-order valence-corrected chi connectivity index (χ0v) is 17.9. The largest absolute Gasteiger partial charge is 0.322 e. The van der Waals surface area contributed by atoms with Gasteiger partial charge in [-0.25, -0.2) is 8.42 Å². The van der Waals surface area contributed by atoms with Crippen molar-refractivity contribution in [2.24, 2.45) is 0 Å². The summed E-state index contributed by atoms with van der Waals surface area (Å²) in [5.41, 5.74) is 3.02. The van der Waals surface area contributed by atoms with Crippen molar-refractivity contribution >= 4 is 38.9 Å². The Morgan fingerprint density at radius 3 is 2.28 bits per heavy atom. The van der Waals surface area contributed by atoms with Crippen LogP contribution in [0.2, 0.25) is 5.02 Å². The summed E-state index contributed by atoms with van der Waals surface area (Å²) in [6.45, 7) is 3.65. The van der Waals surface area contributed by atoms with Crippen LogP contribution < -0.4 is 9.62 Å². The van der Waals surface area contributed by atoms with Crippen molar-refractivity contribution in [2.45, 2.75) is 18.7 Å². The highest BCUT2D eigenvalue weighted by Gasteiger charge is 2.23. The van der Waals surface area contributed by atoms with Gasteiger partial charge in [-0.1, -0.05) is 35.9 Å². The Balaban J connectivity index is 1.92. The van der Waals surface area contributed by atoms with Gasteiger partial charge in [0.05, 0.1) is 10.6 Å². The molecular formula is C22H21ClN2O3S. The van der Waals surface area contributed by atoms with Crippen LogP contribution in [0.15, 0.2) is 71.6 Å². The molecule has 0 unspecified atom stereocenters. The molecular weight excluding hydrogens is 408 g/mol. The van der Waals surface area contributed by atoms with Gasteiger partial charge in [-0.3, -0.25) is 9.10 Å². The van der Waals surface area contributed by atoms with Crippen molar-refractivity contribution in [1.82, 2.24) is 0 Å². The lowest BCUT2D eigenvalue weighted by molar-refractivity contribution is 0.102. The third kappa shape index (κ3) is 4.44. The van der Waals surface area contributed by atoms with Gasteiger partial charge in [0.25, 0.3) is 15.9 Å². The fourth-order valence-electron chi connectivity index (χ4n) is 2.93. The van der Waals surface area contributed by atoms with Gasteiger partial charge in [-0.05, 0) is 67.4 Å². The Morgan fingerprint density at radius 2 is 1.62 bits per heavy atom. The molecule has 0 radical (unpaired) electrons. The highest BCUT2D eigenvalue weighted by Crippen LogP contribution is 2.27. The molecule has 0 aliphatic rings. The van der Waals surface area contributed by atoms with Gasteiger partial charge in [-0.2, -0.15) is 0 Å². The number of hydrogen-bond acceptors (Lipinski definition) is 3. The second kappa shape index (κ2) is 8.27. The number of sulfonamides is 1. The molecule has 29 heavy (non-hydrogen) atoms. The minimum atomic E-state index is -3.74. The van der Waals surface area contributed by atoms with E-state index in [1.807, 2.05) is 6.92 Å². The fraction of sp³-hybridized carbons (Fsp3) is 0.136. The van der Waals surface area contributed by atoms with E-state index in [0.29, 0.717) is 22.0 Å². The maximum absolute atomic E-state index is 12.9. The van der Waals surface area contributed by atoms with E-state index >= 15 is 0 Å². The Hall–Kier alpha value is -2.83. The first kappa shape index (κ1) is 20.9. The lowest BCUT2D eigenvalue weighted by Gasteiger charge is -2.22. The minimum absolute atomic E-state index is 0.188. The van der Waals surface area contributed by atoms with Gasteiger partial charge >= 0.3 is 0 Å². The summed E-state index contributed by atoms with van der Waals surface area (Å²) in [5.74, 6) is -0.331. The summed E-state index contributed by atoms with van der Waals surface area (Å²) in [6, 6.07) is 18.4. The molecule has 5 nitrogen and oxygen atoms in total. The summed E-state index contributed by atoms with van der Waals surface area (Å²) in [7, 11) is -2.26. The number of rotatable bonds is 5. The molecule has 1 amide bonds. The van der Waals surface area contributed by atoms with Crippen LogP contribution in [0.3, 0.4) is 0 Å². The van der Waals surface area contributed by atoms with Crippen LogP contribution >= 0.6 is 11.6 Å². The number of carbonyl (C=O) groups is 1. The second-order valence-corrected chi connectivity index (χ2v) is 9.11. The monoisotopic (exact) mass is 428 g/mol. The number of carbonyl (C=O) groups excluding carboxylic acids is 1. The third-order valence-corrected chi connectivity index (χ3v) is 6.67. The van der Waals surface area contributed by atoms with Crippen molar-refractivity contribution < 1.29 is 13.2 Å². The van der Waals surface area contributed by atoms with E-state index in [-0.39, 0.29) is 10.8 Å². The molecule has 0 aliphatic carbocycles. The number of nitrogens with zero attached hydrogens (tertiary/aromatic N) is 1. The quantitative estimate of drug-likeness (QED) is 0.619. The van der Waals surface area contributed by atoms with Crippen LogP contribution in [0.4, 0.5) is 11.4 Å². The molecule has 0 atom stereocenters. The highest BCUT2D eigenvalue weighted by molar-refractivity contribution is 7.92. The van der Waals surface area contributed by atoms with E-state index in [0.717, 1.165) is 11.1 Å². The smallest absolute Gasteiger partial charge is 0.264 e. The number of anilines is 2. The van der Waals surface area contributed by atoms with Crippen LogP contribution in [-0.2, 0) is 10.0 Å². The summed E-state index contributed by atoms with van der Waals surface area (Å²) >= 11 is 5.96. The zero-order chi connectivity index (χ0) is 21.2. The number of halogens is 1. The van der Waals surface area contributed by atoms with E-state index in [9.17, 15) is 13.2 Å². The first-order chi connectivity index (χ1) is 13.7. The van der Waals surface area contributed by atoms with Crippen molar-refractivity contribution in [3.63, 3.8) is 0 Å². The van der Waals surface area contributed by atoms with Gasteiger partial charge in [0.2, 0.25) is 0 Å². The summed E-state index contributed by atoms with van der Waals surface area (Å²) in [4.78, 5) is 12.9. The Labute approximate surface area is 176 Å². The molecule has 3 aromatic rings. The molecule has 0 aliphatic heterocycles. The average molecular weight is 429 g/mol. The predicted octanol–water partition coefficient (Wildman–Crippen LogP) is 5.03. The molecule has 3 aromatic carbocycles. The first-order valence-electron chi connectivity index (χ1n) is 8.92. The number of hydrogen-bond donors (Lipinski definition) is 1. The highest BCUT2D eigenvalue weighted by atomic mass is 35.5. The Morgan fingerprint density at radius 1 is 0.931 bits per heavy atom. The number of nitrogens with one attached hydrogen (secondary N) is 1. The average Bonchev–Trinajstić information content (AvgIpc) is 2.70. The van der Waals surface area contributed by atoms with Gasteiger partial charge in [0.15, 0.2) is 0 Å². The molecule has 1 N–H and O–H groups in total. The number of benzene rings is 3. The maximum atomic E-state index is 12.9. The minimum Gasteiger partial charge on any atom is -0.322 e. The summed E-state index contributed by atoms with van der Waals surface area (Å²) in [5, 5.41) is 3.43. The SMILES string of the molecule is Cc1cc(Cl)ccc1NC(=O)c1ccc(C)c(N(C)S(=O)(=O)c2ccccc2)c1. The van der Waals surface area contributed by atoms with E-state index in [4.69, 9.17) is 11.6 Å². The summed E-state index contributed by atoms with van der Waals surface area (Å²) in [6.07, 6.45) is 0. The van der Waals surface area contributed by atoms with Crippen molar-refractivity contribution in [2.75, 3.05) is 16.7 Å². The first-order valence-corrected chi connectivity index (χ1v) is 10.7.